The number of nitrogens with two attached hydrogens (primary N) is 1. The second-order valence-electron chi connectivity index (χ2n) is 7.09. The van der Waals surface area contributed by atoms with Crippen molar-refractivity contribution in [2.24, 2.45) is 0 Å². The Balaban J connectivity index is 1.56. The Hall–Kier alpha value is -3.50. The van der Waals surface area contributed by atoms with Crippen LogP contribution in [0.5, 0.6) is 5.75 Å². The lowest BCUT2D eigenvalue weighted by Crippen LogP contribution is -2.20. The van der Waals surface area contributed by atoms with Crippen LogP contribution in [0.3, 0.4) is 0 Å². The third kappa shape index (κ3) is 4.81. The molecule has 0 aliphatic heterocycles. The molecule has 4 aromatic rings. The number of nitrogens with one attached hydrogen (secondary N) is 1. The number of hydrogen-bond acceptors (Lipinski definition) is 8. The van der Waals surface area contributed by atoms with Crippen LogP contribution in [0, 0.1) is 6.92 Å². The minimum atomic E-state index is -0.298. The summed E-state index contributed by atoms with van der Waals surface area (Å²) in [6, 6.07) is 12.6. The van der Waals surface area contributed by atoms with E-state index >= 15 is 0 Å². The van der Waals surface area contributed by atoms with E-state index in [9.17, 15) is 4.79 Å². The lowest BCUT2D eigenvalue weighted by Gasteiger charge is -2.08. The van der Waals surface area contributed by atoms with Crippen molar-refractivity contribution < 1.29 is 14.1 Å². The van der Waals surface area contributed by atoms with Gasteiger partial charge in [-0.2, -0.15) is 10.1 Å². The molecule has 0 spiro atoms. The number of carbonyl (C=O) groups excluding carboxylic acids is 1. The lowest BCUT2D eigenvalue weighted by molar-refractivity contribution is -0.116. The van der Waals surface area contributed by atoms with E-state index in [4.69, 9.17) is 26.6 Å². The molecule has 0 aliphatic rings. The van der Waals surface area contributed by atoms with E-state index in [1.54, 1.807) is 19.2 Å². The molecule has 2 aromatic carbocycles. The Morgan fingerprint density at radius 2 is 2.03 bits per heavy atom. The number of carbonyl (C=O) groups is 1. The molecule has 2 heterocycles. The number of nitrogens with zero attached hydrogens (tertiary/aromatic N) is 4. The van der Waals surface area contributed by atoms with Gasteiger partial charge >= 0.3 is 0 Å². The highest BCUT2D eigenvalue weighted by Gasteiger charge is 2.24. The van der Waals surface area contributed by atoms with Crippen LogP contribution in [0.15, 0.2) is 52.0 Å². The molecule has 0 bridgehead atoms. The van der Waals surface area contributed by atoms with E-state index in [1.165, 1.54) is 16.4 Å². The van der Waals surface area contributed by atoms with Gasteiger partial charge in [0.05, 0.1) is 7.11 Å². The quantitative estimate of drug-likeness (QED) is 0.367. The van der Waals surface area contributed by atoms with Crippen molar-refractivity contribution >= 4 is 40.8 Å². The molecule has 4 rings (SSSR count). The molecule has 0 saturated carbocycles. The van der Waals surface area contributed by atoms with Gasteiger partial charge in [0.25, 0.3) is 5.89 Å². The van der Waals surface area contributed by atoms with Crippen LogP contribution in [-0.4, -0.2) is 39.2 Å². The van der Waals surface area contributed by atoms with E-state index in [-0.39, 0.29) is 24.2 Å². The number of amides is 1. The third-order valence-corrected chi connectivity index (χ3v) is 5.97. The van der Waals surface area contributed by atoms with Gasteiger partial charge in [-0.1, -0.05) is 22.8 Å². The predicted molar refractivity (Wildman–Crippen MR) is 129 cm³/mol. The highest BCUT2D eigenvalue weighted by Crippen LogP contribution is 2.35. The number of aromatic nitrogens is 4. The monoisotopic (exact) mass is 484 g/mol. The van der Waals surface area contributed by atoms with Gasteiger partial charge in [-0.15, -0.1) is 11.8 Å². The first kappa shape index (κ1) is 22.7. The first-order valence-electron chi connectivity index (χ1n) is 9.84. The van der Waals surface area contributed by atoms with E-state index in [0.717, 1.165) is 16.9 Å². The average Bonchev–Trinajstić information content (AvgIpc) is 3.41. The summed E-state index contributed by atoms with van der Waals surface area (Å²) in [6.07, 6.45) is 1.85. The second kappa shape index (κ2) is 9.55. The smallest absolute Gasteiger partial charge is 0.264 e. The molecule has 33 heavy (non-hydrogen) atoms. The first-order valence-corrected chi connectivity index (χ1v) is 11.4. The van der Waals surface area contributed by atoms with Crippen molar-refractivity contribution in [3.63, 3.8) is 0 Å². The number of thioether (sulfide) groups is 1. The number of aryl methyl sites for hydroxylation is 1. The van der Waals surface area contributed by atoms with Crippen LogP contribution < -0.4 is 15.8 Å². The zero-order chi connectivity index (χ0) is 23.5. The topological polar surface area (TPSA) is 121 Å². The molecule has 1 amide bonds. The van der Waals surface area contributed by atoms with Crippen LogP contribution in [-0.2, 0) is 11.3 Å². The summed E-state index contributed by atoms with van der Waals surface area (Å²) in [5.41, 5.74) is 9.09. The van der Waals surface area contributed by atoms with Crippen LogP contribution in [0.4, 0.5) is 11.5 Å². The fourth-order valence-corrected chi connectivity index (χ4v) is 3.86. The second-order valence-corrected chi connectivity index (χ2v) is 8.29. The summed E-state index contributed by atoms with van der Waals surface area (Å²) < 4.78 is 12.1. The van der Waals surface area contributed by atoms with Crippen molar-refractivity contribution in [1.29, 1.82) is 0 Å². The largest absolute Gasteiger partial charge is 0.497 e. The Bertz CT molecular complexity index is 1300. The molecule has 170 valence electrons. The van der Waals surface area contributed by atoms with Crippen molar-refractivity contribution in [2.45, 2.75) is 18.5 Å². The number of benzene rings is 2. The van der Waals surface area contributed by atoms with Crippen molar-refractivity contribution in [3.8, 4) is 28.6 Å². The number of methoxy groups -OCH3 is 1. The summed E-state index contributed by atoms with van der Waals surface area (Å²) in [6.45, 7) is 1.80. The van der Waals surface area contributed by atoms with E-state index in [0.29, 0.717) is 27.1 Å². The van der Waals surface area contributed by atoms with Crippen LogP contribution >= 0.6 is 23.4 Å². The number of halogens is 1. The summed E-state index contributed by atoms with van der Waals surface area (Å²) >= 11 is 7.50. The van der Waals surface area contributed by atoms with Crippen LogP contribution in [0.2, 0.25) is 5.02 Å². The molecule has 0 atom stereocenters. The highest BCUT2D eigenvalue weighted by molar-refractivity contribution is 7.98. The van der Waals surface area contributed by atoms with E-state index in [2.05, 4.69) is 20.6 Å². The normalized spacial score (nSPS) is 10.9. The number of rotatable bonds is 7. The van der Waals surface area contributed by atoms with Gasteiger partial charge < -0.3 is 20.3 Å². The molecule has 3 N–H and O–H groups in total. The Morgan fingerprint density at radius 3 is 2.70 bits per heavy atom. The number of anilines is 2. The summed E-state index contributed by atoms with van der Waals surface area (Å²) in [5.74, 6) is 1.30. The lowest BCUT2D eigenvalue weighted by atomic mass is 10.2. The van der Waals surface area contributed by atoms with E-state index in [1.807, 2.05) is 43.5 Å². The predicted octanol–water partition coefficient (Wildman–Crippen LogP) is 4.51. The highest BCUT2D eigenvalue weighted by atomic mass is 35.5. The fourth-order valence-electron chi connectivity index (χ4n) is 3.11. The maximum atomic E-state index is 12.6. The molecule has 0 aliphatic carbocycles. The summed E-state index contributed by atoms with van der Waals surface area (Å²) in [7, 11) is 1.60. The number of nitrogen functional groups attached to an aromatic ring is 1. The Kier molecular flexibility index (Phi) is 6.57. The van der Waals surface area contributed by atoms with E-state index < -0.39 is 0 Å². The van der Waals surface area contributed by atoms with Gasteiger partial charge in [-0.25, -0.2) is 4.68 Å². The van der Waals surface area contributed by atoms with Gasteiger partial charge in [0, 0.05) is 16.3 Å². The average molecular weight is 485 g/mol. The Morgan fingerprint density at radius 1 is 1.27 bits per heavy atom. The summed E-state index contributed by atoms with van der Waals surface area (Å²) in [5, 5.41) is 12.4. The zero-order valence-electron chi connectivity index (χ0n) is 18.1. The molecule has 0 fully saturated rings. The van der Waals surface area contributed by atoms with Crippen LogP contribution in [0.1, 0.15) is 5.56 Å². The SMILES string of the molecule is COc1ccc(-c2noc(-c3c(SC)nn(CC(=O)Nc4ccc(C)c(Cl)c4)c3N)n2)cc1. The minimum Gasteiger partial charge on any atom is -0.497 e. The van der Waals surface area contributed by atoms with Crippen molar-refractivity contribution in [3.05, 3.63) is 53.1 Å². The maximum Gasteiger partial charge on any atom is 0.264 e. The molecule has 0 unspecified atom stereocenters. The Labute approximate surface area is 199 Å². The van der Waals surface area contributed by atoms with Gasteiger partial charge in [0.2, 0.25) is 11.7 Å². The van der Waals surface area contributed by atoms with Gasteiger partial charge in [-0.3, -0.25) is 4.79 Å². The minimum absolute atomic E-state index is 0.0929. The molecule has 2 aromatic heterocycles. The number of ether oxygens (including phenoxy) is 1. The van der Waals surface area contributed by atoms with Crippen molar-refractivity contribution in [1.82, 2.24) is 19.9 Å². The molecule has 11 heteroatoms. The molecule has 0 radical (unpaired) electrons. The number of hydrogen-bond donors (Lipinski definition) is 2. The third-order valence-electron chi connectivity index (χ3n) is 4.89. The van der Waals surface area contributed by atoms with Gasteiger partial charge in [0.15, 0.2) is 0 Å². The zero-order valence-corrected chi connectivity index (χ0v) is 19.7. The van der Waals surface area contributed by atoms with Gasteiger partial charge in [0.1, 0.15) is 28.7 Å². The summed E-state index contributed by atoms with van der Waals surface area (Å²) in [4.78, 5) is 17.1. The molecule has 9 nitrogen and oxygen atoms in total. The van der Waals surface area contributed by atoms with Crippen LogP contribution in [0.25, 0.3) is 22.8 Å². The molecular weight excluding hydrogens is 464 g/mol. The maximum absolute atomic E-state index is 12.6. The molecule has 0 saturated heterocycles. The molecular formula is C22H21ClN6O3S. The standard InChI is InChI=1S/C22H21ClN6O3S/c1-12-4-7-14(10-16(12)23)25-17(30)11-29-19(24)18(22(27-29)33-3)21-26-20(28-32-21)13-5-8-15(31-2)9-6-13/h4-10H,11,24H2,1-3H3,(H,25,30). The van der Waals surface area contributed by atoms with Gasteiger partial charge in [-0.05, 0) is 55.1 Å². The first-order chi connectivity index (χ1) is 15.9. The fraction of sp³-hybridized carbons (Fsp3) is 0.182. The van der Waals surface area contributed by atoms with Crippen molar-refractivity contribution in [2.75, 3.05) is 24.4 Å².